The highest BCUT2D eigenvalue weighted by atomic mass is 35.5. The Kier molecular flexibility index (Phi) is 5.24. The highest BCUT2D eigenvalue weighted by Gasteiger charge is 2.56. The van der Waals surface area contributed by atoms with Crippen LogP contribution in [0.15, 0.2) is 53.3 Å². The molecule has 2 aliphatic rings. The van der Waals surface area contributed by atoms with Gasteiger partial charge in [-0.2, -0.15) is 0 Å². The average Bonchev–Trinajstić information content (AvgIpc) is 3.12. The Hall–Kier alpha value is -2.93. The van der Waals surface area contributed by atoms with Crippen molar-refractivity contribution >= 4 is 29.5 Å². The van der Waals surface area contributed by atoms with Crippen LogP contribution in [0.4, 0.5) is 4.39 Å². The molecule has 0 N–H and O–H groups in total. The van der Waals surface area contributed by atoms with Crippen LogP contribution in [0, 0.1) is 5.82 Å². The number of aromatic nitrogens is 1. The molecule has 6 nitrogen and oxygen atoms in total. The number of halogens is 2. The third-order valence-electron chi connectivity index (χ3n) is 4.89. The normalized spacial score (nSPS) is 22.1. The first-order valence-corrected chi connectivity index (χ1v) is 9.72. The molecule has 0 spiro atoms. The maximum atomic E-state index is 13.5. The van der Waals surface area contributed by atoms with Crippen molar-refractivity contribution in [2.24, 2.45) is 5.16 Å². The third kappa shape index (κ3) is 3.46. The van der Waals surface area contributed by atoms with Crippen LogP contribution in [0.2, 0.25) is 5.15 Å². The van der Waals surface area contributed by atoms with Gasteiger partial charge >= 0.3 is 11.7 Å². The van der Waals surface area contributed by atoms with Crippen LogP contribution in [0.1, 0.15) is 30.9 Å². The molecule has 150 valence electrons. The van der Waals surface area contributed by atoms with E-state index in [0.29, 0.717) is 23.1 Å². The number of carbonyl (C=O) groups is 1. The topological polar surface area (TPSA) is 64.0 Å². The first-order valence-electron chi connectivity index (χ1n) is 9.34. The van der Waals surface area contributed by atoms with Crippen molar-refractivity contribution in [1.82, 2.24) is 9.88 Å². The van der Waals surface area contributed by atoms with Gasteiger partial charge in [-0.3, -0.25) is 0 Å². The number of ether oxygens (including phenoxy) is 1. The van der Waals surface area contributed by atoms with Gasteiger partial charge < -0.3 is 14.5 Å². The molecule has 0 aliphatic carbocycles. The van der Waals surface area contributed by atoms with Gasteiger partial charge in [-0.1, -0.05) is 22.8 Å². The molecule has 4 rings (SSSR count). The number of amidine groups is 1. The van der Waals surface area contributed by atoms with Gasteiger partial charge in [0, 0.05) is 18.3 Å². The second-order valence-electron chi connectivity index (χ2n) is 6.72. The SMILES string of the molecule is CCOC(=O)C1(c2ccc(F)cc2)ON=C2C(=Cc3ccc(Cl)nc3)CCCN21. The highest BCUT2D eigenvalue weighted by Crippen LogP contribution is 2.41. The van der Waals surface area contributed by atoms with Gasteiger partial charge in [-0.15, -0.1) is 0 Å². The molecule has 1 aromatic heterocycles. The lowest BCUT2D eigenvalue weighted by Crippen LogP contribution is -2.54. The molecule has 0 bridgehead atoms. The smallest absolute Gasteiger partial charge is 0.380 e. The minimum Gasteiger partial charge on any atom is -0.461 e. The Bertz CT molecular complexity index is 976. The molecule has 0 radical (unpaired) electrons. The number of fused-ring (bicyclic) bond motifs is 1. The molecular formula is C21H19ClFN3O3. The van der Waals surface area contributed by atoms with Gasteiger partial charge in [0.2, 0.25) is 0 Å². The van der Waals surface area contributed by atoms with E-state index in [0.717, 1.165) is 24.0 Å². The number of esters is 1. The van der Waals surface area contributed by atoms with Crippen LogP contribution in [0.25, 0.3) is 6.08 Å². The quantitative estimate of drug-likeness (QED) is 0.555. The van der Waals surface area contributed by atoms with E-state index < -0.39 is 17.5 Å². The van der Waals surface area contributed by atoms with Gasteiger partial charge in [-0.25, -0.2) is 14.2 Å². The molecule has 1 fully saturated rings. The van der Waals surface area contributed by atoms with E-state index in [4.69, 9.17) is 21.2 Å². The second-order valence-corrected chi connectivity index (χ2v) is 7.10. The summed E-state index contributed by atoms with van der Waals surface area (Å²) in [5, 5.41) is 4.66. The largest absolute Gasteiger partial charge is 0.461 e. The number of oxime groups is 1. The fraction of sp³-hybridized carbons (Fsp3) is 0.286. The lowest BCUT2D eigenvalue weighted by atomic mass is 9.94. The number of nitrogens with zero attached hydrogens (tertiary/aromatic N) is 3. The number of hydrogen-bond acceptors (Lipinski definition) is 6. The molecule has 2 aromatic rings. The van der Waals surface area contributed by atoms with Crippen molar-refractivity contribution in [3.05, 3.63) is 70.3 Å². The summed E-state index contributed by atoms with van der Waals surface area (Å²) in [6.07, 6.45) is 5.17. The van der Waals surface area contributed by atoms with Crippen molar-refractivity contribution in [3.63, 3.8) is 0 Å². The van der Waals surface area contributed by atoms with Crippen LogP contribution in [-0.4, -0.2) is 34.8 Å². The molecule has 2 aliphatic heterocycles. The Labute approximate surface area is 172 Å². The van der Waals surface area contributed by atoms with Crippen molar-refractivity contribution in [3.8, 4) is 0 Å². The van der Waals surface area contributed by atoms with Crippen LogP contribution in [0.5, 0.6) is 0 Å². The maximum absolute atomic E-state index is 13.5. The predicted molar refractivity (Wildman–Crippen MR) is 106 cm³/mol. The van der Waals surface area contributed by atoms with Gasteiger partial charge in [0.05, 0.1) is 6.61 Å². The highest BCUT2D eigenvalue weighted by molar-refractivity contribution is 6.29. The van der Waals surface area contributed by atoms with E-state index in [1.807, 2.05) is 12.1 Å². The average molecular weight is 416 g/mol. The maximum Gasteiger partial charge on any atom is 0.380 e. The monoisotopic (exact) mass is 415 g/mol. The zero-order valence-electron chi connectivity index (χ0n) is 15.8. The summed E-state index contributed by atoms with van der Waals surface area (Å²) in [6, 6.07) is 9.19. The molecular weight excluding hydrogens is 397 g/mol. The fourth-order valence-electron chi connectivity index (χ4n) is 3.58. The molecule has 0 amide bonds. The number of benzene rings is 1. The van der Waals surface area contributed by atoms with Crippen LogP contribution < -0.4 is 0 Å². The first kappa shape index (κ1) is 19.4. The molecule has 1 aromatic carbocycles. The van der Waals surface area contributed by atoms with Gasteiger partial charge in [-0.05, 0) is 67.3 Å². The molecule has 8 heteroatoms. The molecule has 1 unspecified atom stereocenters. The first-order chi connectivity index (χ1) is 14.0. The standard InChI is InChI=1S/C21H19ClFN3O3/c1-2-28-20(27)21(16-6-8-17(23)9-7-16)26-11-3-4-15(19(26)25-29-21)12-14-5-10-18(22)24-13-14/h5-10,12-13H,2-4,11H2,1H3. The Morgan fingerprint density at radius 3 is 2.83 bits per heavy atom. The van der Waals surface area contributed by atoms with Crippen LogP contribution in [0.3, 0.4) is 0 Å². The van der Waals surface area contributed by atoms with E-state index in [1.54, 1.807) is 24.1 Å². The van der Waals surface area contributed by atoms with E-state index in [2.05, 4.69) is 10.1 Å². The number of hydrogen-bond donors (Lipinski definition) is 0. The summed E-state index contributed by atoms with van der Waals surface area (Å²) < 4.78 is 18.8. The molecule has 29 heavy (non-hydrogen) atoms. The lowest BCUT2D eigenvalue weighted by molar-refractivity contribution is -0.189. The summed E-state index contributed by atoms with van der Waals surface area (Å²) in [5.41, 5.74) is 0.667. The second kappa shape index (κ2) is 7.83. The van der Waals surface area contributed by atoms with E-state index in [-0.39, 0.29) is 6.61 Å². The Balaban J connectivity index is 1.74. The Morgan fingerprint density at radius 1 is 1.34 bits per heavy atom. The van der Waals surface area contributed by atoms with Crippen molar-refractivity contribution < 1.29 is 18.8 Å². The van der Waals surface area contributed by atoms with Gasteiger partial charge in [0.1, 0.15) is 11.0 Å². The van der Waals surface area contributed by atoms with Gasteiger partial charge in [0.15, 0.2) is 5.84 Å². The molecule has 1 atom stereocenters. The van der Waals surface area contributed by atoms with E-state index in [1.165, 1.54) is 24.3 Å². The van der Waals surface area contributed by atoms with Crippen molar-refractivity contribution in [2.45, 2.75) is 25.5 Å². The van der Waals surface area contributed by atoms with Crippen molar-refractivity contribution in [2.75, 3.05) is 13.2 Å². The summed E-state index contributed by atoms with van der Waals surface area (Å²) in [4.78, 5) is 24.6. The third-order valence-corrected chi connectivity index (χ3v) is 5.12. The molecule has 0 saturated carbocycles. The number of rotatable bonds is 4. The Morgan fingerprint density at radius 2 is 2.14 bits per heavy atom. The predicted octanol–water partition coefficient (Wildman–Crippen LogP) is 4.11. The minimum absolute atomic E-state index is 0.188. The zero-order valence-corrected chi connectivity index (χ0v) is 16.5. The van der Waals surface area contributed by atoms with E-state index in [9.17, 15) is 9.18 Å². The fourth-order valence-corrected chi connectivity index (χ4v) is 3.69. The number of piperidine rings is 1. The summed E-state index contributed by atoms with van der Waals surface area (Å²) >= 11 is 5.86. The zero-order chi connectivity index (χ0) is 20.4. The summed E-state index contributed by atoms with van der Waals surface area (Å²) in [7, 11) is 0. The van der Waals surface area contributed by atoms with E-state index >= 15 is 0 Å². The van der Waals surface area contributed by atoms with Crippen molar-refractivity contribution in [1.29, 1.82) is 0 Å². The lowest BCUT2D eigenvalue weighted by Gasteiger charge is -2.37. The van der Waals surface area contributed by atoms with Crippen LogP contribution in [-0.2, 0) is 20.1 Å². The summed E-state index contributed by atoms with van der Waals surface area (Å²) in [5.74, 6) is -0.426. The van der Waals surface area contributed by atoms with Crippen LogP contribution >= 0.6 is 11.6 Å². The molecule has 1 saturated heterocycles. The minimum atomic E-state index is -1.57. The molecule has 3 heterocycles. The van der Waals surface area contributed by atoms with Gasteiger partial charge in [0.25, 0.3) is 0 Å². The number of pyridine rings is 1. The number of carbonyl (C=O) groups excluding carboxylic acids is 1. The summed E-state index contributed by atoms with van der Waals surface area (Å²) in [6.45, 7) is 2.46.